The first-order chi connectivity index (χ1) is 11.5. The van der Waals surface area contributed by atoms with Crippen LogP contribution in [0.3, 0.4) is 0 Å². The topological polar surface area (TPSA) is 133 Å². The summed E-state index contributed by atoms with van der Waals surface area (Å²) in [6, 6.07) is 3.67. The third-order valence-corrected chi connectivity index (χ3v) is 3.72. The number of benzene rings is 1. The Kier molecular flexibility index (Phi) is 4.19. The number of aromatic nitrogens is 4. The molecule has 1 unspecified atom stereocenters. The molecule has 0 saturated carbocycles. The second-order valence-corrected chi connectivity index (χ2v) is 5.29. The number of aliphatic hydroxyl groups excluding tert-OH is 1. The largest absolute Gasteiger partial charge is 0.465 e. The molecule has 0 aliphatic rings. The van der Waals surface area contributed by atoms with Gasteiger partial charge in [-0.1, -0.05) is 17.7 Å². The monoisotopic (exact) mass is 349 g/mol. The number of amides is 1. The van der Waals surface area contributed by atoms with Crippen molar-refractivity contribution in [1.29, 1.82) is 0 Å². The number of nitrogens with one attached hydrogen (secondary N) is 2. The van der Waals surface area contributed by atoms with Crippen LogP contribution in [0.4, 0.5) is 4.79 Å². The van der Waals surface area contributed by atoms with E-state index in [1.807, 2.05) is 0 Å². The van der Waals surface area contributed by atoms with Gasteiger partial charge in [0.05, 0.1) is 34.4 Å². The third kappa shape index (κ3) is 2.70. The number of nitrogens with zero attached hydrogens (tertiary/aromatic N) is 3. The summed E-state index contributed by atoms with van der Waals surface area (Å²) in [5.74, 6) is 0.0288. The van der Waals surface area contributed by atoms with Crippen molar-refractivity contribution in [2.75, 3.05) is 6.61 Å². The lowest BCUT2D eigenvalue weighted by Crippen LogP contribution is -2.35. The van der Waals surface area contributed by atoms with E-state index in [0.717, 1.165) is 4.57 Å². The van der Waals surface area contributed by atoms with Crippen molar-refractivity contribution in [2.45, 2.75) is 6.04 Å². The fourth-order valence-electron chi connectivity index (χ4n) is 2.40. The van der Waals surface area contributed by atoms with Gasteiger partial charge in [0.15, 0.2) is 0 Å². The van der Waals surface area contributed by atoms with E-state index in [1.54, 1.807) is 18.2 Å². The smallest absolute Gasteiger partial charge is 0.405 e. The van der Waals surface area contributed by atoms with Gasteiger partial charge in [0.2, 0.25) is 0 Å². The molecule has 0 bridgehead atoms. The maximum atomic E-state index is 12.9. The van der Waals surface area contributed by atoms with Crippen molar-refractivity contribution < 1.29 is 15.0 Å². The summed E-state index contributed by atoms with van der Waals surface area (Å²) >= 11 is 6.11. The van der Waals surface area contributed by atoms with Crippen LogP contribution in [0.2, 0.25) is 5.02 Å². The maximum absolute atomic E-state index is 12.9. The lowest BCUT2D eigenvalue weighted by molar-refractivity contribution is 0.175. The summed E-state index contributed by atoms with van der Waals surface area (Å²) < 4.78 is 1.16. The number of halogens is 1. The average molecular weight is 350 g/mol. The highest BCUT2D eigenvalue weighted by Crippen LogP contribution is 2.22. The maximum Gasteiger partial charge on any atom is 0.405 e. The number of H-pyrrole nitrogens is 1. The molecule has 9 nitrogen and oxygen atoms in total. The average Bonchev–Trinajstić information content (AvgIpc) is 3.06. The van der Waals surface area contributed by atoms with Crippen LogP contribution in [0.15, 0.2) is 35.4 Å². The number of hydrogen-bond donors (Lipinski definition) is 4. The second-order valence-electron chi connectivity index (χ2n) is 4.89. The van der Waals surface area contributed by atoms with Gasteiger partial charge in [-0.25, -0.2) is 9.78 Å². The molecular weight excluding hydrogens is 338 g/mol. The fraction of sp³-hybridized carbons (Fsp3) is 0.143. The van der Waals surface area contributed by atoms with Gasteiger partial charge in [-0.2, -0.15) is 5.10 Å². The van der Waals surface area contributed by atoms with Crippen LogP contribution < -0.4 is 10.9 Å². The predicted molar refractivity (Wildman–Crippen MR) is 85.5 cm³/mol. The van der Waals surface area contributed by atoms with Gasteiger partial charge in [-0.15, -0.1) is 0 Å². The zero-order valence-electron chi connectivity index (χ0n) is 12.1. The first-order valence-electron chi connectivity index (χ1n) is 6.83. The Morgan fingerprint density at radius 2 is 2.25 bits per heavy atom. The second kappa shape index (κ2) is 6.30. The molecule has 24 heavy (non-hydrogen) atoms. The SMILES string of the molecule is O=C(O)NC(CO)c1nc2cccc(Cl)c2c(=O)n1-c1cn[nH]c1. The minimum Gasteiger partial charge on any atom is -0.465 e. The number of hydrogen-bond acceptors (Lipinski definition) is 5. The molecule has 1 atom stereocenters. The minimum atomic E-state index is -1.35. The number of carboxylic acid groups (broad SMARTS) is 1. The van der Waals surface area contributed by atoms with E-state index in [4.69, 9.17) is 16.7 Å². The third-order valence-electron chi connectivity index (χ3n) is 3.41. The number of aliphatic hydroxyl groups is 1. The van der Waals surface area contributed by atoms with Crippen LogP contribution in [0.1, 0.15) is 11.9 Å². The van der Waals surface area contributed by atoms with Gasteiger partial charge >= 0.3 is 6.09 Å². The van der Waals surface area contributed by atoms with Gasteiger partial charge in [-0.3, -0.25) is 14.5 Å². The van der Waals surface area contributed by atoms with Crippen molar-refractivity contribution in [2.24, 2.45) is 0 Å². The highest BCUT2D eigenvalue weighted by Gasteiger charge is 2.23. The molecule has 3 aromatic rings. The molecule has 124 valence electrons. The Hall–Kier alpha value is -2.91. The van der Waals surface area contributed by atoms with Gasteiger partial charge < -0.3 is 15.5 Å². The first-order valence-corrected chi connectivity index (χ1v) is 7.21. The van der Waals surface area contributed by atoms with Gasteiger partial charge in [0.1, 0.15) is 11.9 Å². The number of rotatable bonds is 4. The van der Waals surface area contributed by atoms with Crippen LogP contribution in [0, 0.1) is 0 Å². The van der Waals surface area contributed by atoms with Crippen molar-refractivity contribution >= 4 is 28.6 Å². The van der Waals surface area contributed by atoms with E-state index in [0.29, 0.717) is 11.2 Å². The summed E-state index contributed by atoms with van der Waals surface area (Å²) in [6.07, 6.45) is 1.47. The highest BCUT2D eigenvalue weighted by molar-refractivity contribution is 6.35. The Morgan fingerprint density at radius 3 is 2.88 bits per heavy atom. The molecule has 3 rings (SSSR count). The van der Waals surface area contributed by atoms with Crippen molar-refractivity contribution in [1.82, 2.24) is 25.1 Å². The minimum absolute atomic E-state index is 0.0288. The summed E-state index contributed by atoms with van der Waals surface area (Å²) in [5, 5.41) is 27.4. The molecule has 0 spiro atoms. The molecule has 0 radical (unpaired) electrons. The molecule has 0 fully saturated rings. The zero-order chi connectivity index (χ0) is 17.3. The Bertz CT molecular complexity index is 954. The molecule has 0 aliphatic carbocycles. The van der Waals surface area contributed by atoms with Gasteiger partial charge in [0.25, 0.3) is 5.56 Å². The summed E-state index contributed by atoms with van der Waals surface area (Å²) in [5.41, 5.74) is 0.149. The summed E-state index contributed by atoms with van der Waals surface area (Å²) in [6.45, 7) is -0.581. The van der Waals surface area contributed by atoms with E-state index >= 15 is 0 Å². The number of fused-ring (bicyclic) bond motifs is 1. The molecule has 0 saturated heterocycles. The van der Waals surface area contributed by atoms with Gasteiger partial charge in [-0.05, 0) is 12.1 Å². The Morgan fingerprint density at radius 1 is 1.46 bits per heavy atom. The van der Waals surface area contributed by atoms with Crippen LogP contribution >= 0.6 is 11.6 Å². The van der Waals surface area contributed by atoms with E-state index in [1.165, 1.54) is 12.4 Å². The van der Waals surface area contributed by atoms with Crippen LogP contribution in [0.25, 0.3) is 16.6 Å². The molecule has 4 N–H and O–H groups in total. The number of aromatic amines is 1. The Labute approximate surface area is 139 Å². The van der Waals surface area contributed by atoms with E-state index in [9.17, 15) is 14.7 Å². The first kappa shape index (κ1) is 16.0. The van der Waals surface area contributed by atoms with Crippen LogP contribution in [-0.2, 0) is 0 Å². The zero-order valence-corrected chi connectivity index (χ0v) is 12.9. The van der Waals surface area contributed by atoms with Crippen molar-refractivity contribution in [3.63, 3.8) is 0 Å². The standard InChI is InChI=1S/C14H12ClN5O4/c15-8-2-1-3-9-11(8)13(22)20(7-4-16-17-5-7)12(18-9)10(6-21)19-14(23)24/h1-5,10,19,21H,6H2,(H,16,17)(H,23,24). The molecule has 1 amide bonds. The van der Waals surface area contributed by atoms with Crippen molar-refractivity contribution in [3.05, 3.63) is 51.8 Å². The van der Waals surface area contributed by atoms with Crippen molar-refractivity contribution in [3.8, 4) is 5.69 Å². The molecule has 10 heteroatoms. The predicted octanol–water partition coefficient (Wildman–Crippen LogP) is 1.06. The molecule has 2 aromatic heterocycles. The van der Waals surface area contributed by atoms with Crippen LogP contribution in [0.5, 0.6) is 0 Å². The van der Waals surface area contributed by atoms with Gasteiger partial charge in [0, 0.05) is 6.20 Å². The number of carbonyl (C=O) groups is 1. The van der Waals surface area contributed by atoms with E-state index in [2.05, 4.69) is 20.5 Å². The lowest BCUT2D eigenvalue weighted by atomic mass is 10.2. The summed E-state index contributed by atoms with van der Waals surface area (Å²) in [7, 11) is 0. The highest BCUT2D eigenvalue weighted by atomic mass is 35.5. The molecule has 2 heterocycles. The lowest BCUT2D eigenvalue weighted by Gasteiger charge is -2.19. The summed E-state index contributed by atoms with van der Waals surface area (Å²) in [4.78, 5) is 28.2. The molecular formula is C14H12ClN5O4. The normalized spacial score (nSPS) is 12.2. The fourth-order valence-corrected chi connectivity index (χ4v) is 2.65. The Balaban J connectivity index is 2.37. The quantitative estimate of drug-likeness (QED) is 0.556. The van der Waals surface area contributed by atoms with Crippen LogP contribution in [-0.4, -0.2) is 42.7 Å². The molecule has 1 aromatic carbocycles. The van der Waals surface area contributed by atoms with E-state index < -0.39 is 24.3 Å². The molecule has 0 aliphatic heterocycles. The van der Waals surface area contributed by atoms with E-state index in [-0.39, 0.29) is 16.2 Å².